The van der Waals surface area contributed by atoms with Crippen LogP contribution in [0.1, 0.15) is 29.9 Å². The van der Waals surface area contributed by atoms with Crippen LogP contribution < -0.4 is 5.32 Å². The third-order valence-electron chi connectivity index (χ3n) is 3.15. The molecule has 20 heavy (non-hydrogen) atoms. The predicted octanol–water partition coefficient (Wildman–Crippen LogP) is 4.08. The van der Waals surface area contributed by atoms with Gasteiger partial charge >= 0.3 is 0 Å². The first-order valence-electron chi connectivity index (χ1n) is 6.71. The second-order valence-electron chi connectivity index (χ2n) is 4.75. The minimum absolute atomic E-state index is 0.0205. The van der Waals surface area contributed by atoms with Gasteiger partial charge in [-0.3, -0.25) is 4.98 Å². The Hall–Kier alpha value is -1.45. The summed E-state index contributed by atoms with van der Waals surface area (Å²) in [6, 6.07) is 10.5. The number of hydrogen-bond donors (Lipinski definition) is 1. The summed E-state index contributed by atoms with van der Waals surface area (Å²) in [4.78, 5) is 4.52. The minimum atomic E-state index is -0.232. The Morgan fingerprint density at radius 2 is 2.10 bits per heavy atom. The summed E-state index contributed by atoms with van der Waals surface area (Å²) < 4.78 is 13.9. The van der Waals surface area contributed by atoms with Gasteiger partial charge in [-0.25, -0.2) is 4.39 Å². The smallest absolute Gasteiger partial charge is 0.126 e. The van der Waals surface area contributed by atoms with Crippen LogP contribution in [0.25, 0.3) is 0 Å². The molecule has 0 aliphatic rings. The molecule has 0 aliphatic heterocycles. The molecule has 1 aromatic heterocycles. The number of nitrogens with zero attached hydrogens (tertiary/aromatic N) is 1. The van der Waals surface area contributed by atoms with E-state index in [1.807, 2.05) is 32.0 Å². The molecule has 2 aromatic rings. The number of rotatable bonds is 5. The second kappa shape index (κ2) is 6.82. The summed E-state index contributed by atoms with van der Waals surface area (Å²) in [5.41, 5.74) is 2.48. The lowest BCUT2D eigenvalue weighted by molar-refractivity contribution is 0.517. The zero-order valence-corrected chi connectivity index (χ0v) is 12.4. The second-order valence-corrected chi connectivity index (χ2v) is 5.19. The van der Waals surface area contributed by atoms with Crippen molar-refractivity contribution in [1.82, 2.24) is 10.3 Å². The lowest BCUT2D eigenvalue weighted by Gasteiger charge is -2.18. The molecule has 0 aliphatic carbocycles. The van der Waals surface area contributed by atoms with Gasteiger partial charge in [0.25, 0.3) is 0 Å². The fourth-order valence-electron chi connectivity index (χ4n) is 2.21. The zero-order chi connectivity index (χ0) is 14.5. The topological polar surface area (TPSA) is 24.9 Å². The van der Waals surface area contributed by atoms with Crippen molar-refractivity contribution in [2.24, 2.45) is 0 Å². The molecule has 1 unspecified atom stereocenters. The molecule has 1 N–H and O–H groups in total. The fraction of sp³-hybridized carbons (Fsp3) is 0.312. The third-order valence-corrected chi connectivity index (χ3v) is 3.38. The molecule has 0 saturated heterocycles. The molecule has 0 spiro atoms. The predicted molar refractivity (Wildman–Crippen MR) is 80.5 cm³/mol. The van der Waals surface area contributed by atoms with E-state index in [1.54, 1.807) is 12.1 Å². The van der Waals surface area contributed by atoms with Gasteiger partial charge < -0.3 is 5.32 Å². The Morgan fingerprint density at radius 3 is 2.80 bits per heavy atom. The van der Waals surface area contributed by atoms with Crippen LogP contribution in [0.3, 0.4) is 0 Å². The van der Waals surface area contributed by atoms with E-state index in [0.717, 1.165) is 17.9 Å². The maximum Gasteiger partial charge on any atom is 0.126 e. The van der Waals surface area contributed by atoms with Gasteiger partial charge in [-0.05, 0) is 55.8 Å². The van der Waals surface area contributed by atoms with E-state index in [4.69, 9.17) is 11.6 Å². The summed E-state index contributed by atoms with van der Waals surface area (Å²) in [6.07, 6.45) is 0.524. The molecule has 4 heteroatoms. The van der Waals surface area contributed by atoms with E-state index in [2.05, 4.69) is 10.3 Å². The van der Waals surface area contributed by atoms with E-state index < -0.39 is 0 Å². The summed E-state index contributed by atoms with van der Waals surface area (Å²) in [5.74, 6) is -0.232. The lowest BCUT2D eigenvalue weighted by atomic mass is 10.0. The summed E-state index contributed by atoms with van der Waals surface area (Å²) in [6.45, 7) is 4.77. The number of aromatic nitrogens is 1. The first-order chi connectivity index (χ1) is 9.60. The molecule has 0 saturated carbocycles. The van der Waals surface area contributed by atoms with Gasteiger partial charge in [0.15, 0.2) is 0 Å². The molecule has 106 valence electrons. The van der Waals surface area contributed by atoms with Crippen LogP contribution in [-0.2, 0) is 6.42 Å². The van der Waals surface area contributed by atoms with Crippen molar-refractivity contribution in [2.75, 3.05) is 6.54 Å². The molecule has 0 amide bonds. The molecule has 0 radical (unpaired) electrons. The third kappa shape index (κ3) is 3.78. The highest BCUT2D eigenvalue weighted by Crippen LogP contribution is 2.22. The molecule has 1 atom stereocenters. The van der Waals surface area contributed by atoms with Gasteiger partial charge in [-0.1, -0.05) is 24.6 Å². The van der Waals surface area contributed by atoms with Crippen LogP contribution in [-0.4, -0.2) is 11.5 Å². The van der Waals surface area contributed by atoms with Gasteiger partial charge in [0.05, 0.1) is 11.7 Å². The van der Waals surface area contributed by atoms with Gasteiger partial charge in [-0.15, -0.1) is 0 Å². The van der Waals surface area contributed by atoms with E-state index >= 15 is 0 Å². The van der Waals surface area contributed by atoms with Crippen molar-refractivity contribution in [3.05, 3.63) is 64.2 Å². The Labute approximate surface area is 124 Å². The van der Waals surface area contributed by atoms with E-state index in [1.165, 1.54) is 6.07 Å². The maximum absolute atomic E-state index is 13.9. The van der Waals surface area contributed by atoms with E-state index in [-0.39, 0.29) is 11.9 Å². The molecule has 2 rings (SSSR count). The van der Waals surface area contributed by atoms with Crippen LogP contribution in [0.15, 0.2) is 36.4 Å². The van der Waals surface area contributed by atoms with E-state index in [0.29, 0.717) is 17.0 Å². The number of aryl methyl sites for hydroxylation is 1. The maximum atomic E-state index is 13.9. The molecular formula is C16H18ClFN2. The van der Waals surface area contributed by atoms with Gasteiger partial charge in [0.1, 0.15) is 5.82 Å². The van der Waals surface area contributed by atoms with Gasteiger partial charge in [-0.2, -0.15) is 0 Å². The highest BCUT2D eigenvalue weighted by molar-refractivity contribution is 6.30. The van der Waals surface area contributed by atoms with Crippen LogP contribution in [0.5, 0.6) is 0 Å². The fourth-order valence-corrected chi connectivity index (χ4v) is 2.40. The molecule has 1 heterocycles. The van der Waals surface area contributed by atoms with Crippen molar-refractivity contribution in [1.29, 1.82) is 0 Å². The summed E-state index contributed by atoms with van der Waals surface area (Å²) >= 11 is 5.95. The number of hydrogen-bond acceptors (Lipinski definition) is 2. The largest absolute Gasteiger partial charge is 0.309 e. The Kier molecular flexibility index (Phi) is 5.10. The average Bonchev–Trinajstić information content (AvgIpc) is 2.42. The first kappa shape index (κ1) is 14.9. The highest BCUT2D eigenvalue weighted by Gasteiger charge is 2.15. The molecule has 1 aromatic carbocycles. The number of likely N-dealkylation sites (N-methyl/N-ethyl adjacent to an activating group) is 1. The number of pyridine rings is 1. The van der Waals surface area contributed by atoms with E-state index in [9.17, 15) is 4.39 Å². The van der Waals surface area contributed by atoms with Crippen LogP contribution >= 0.6 is 11.6 Å². The van der Waals surface area contributed by atoms with Crippen LogP contribution in [0, 0.1) is 12.7 Å². The Bertz CT molecular complexity index is 586. The number of benzene rings is 1. The molecule has 2 nitrogen and oxygen atoms in total. The van der Waals surface area contributed by atoms with Crippen molar-refractivity contribution < 1.29 is 4.39 Å². The average molecular weight is 293 g/mol. The van der Waals surface area contributed by atoms with Crippen molar-refractivity contribution in [3.63, 3.8) is 0 Å². The van der Waals surface area contributed by atoms with Crippen molar-refractivity contribution in [2.45, 2.75) is 26.3 Å². The van der Waals surface area contributed by atoms with Gasteiger partial charge in [0, 0.05) is 10.7 Å². The van der Waals surface area contributed by atoms with Crippen LogP contribution in [0.2, 0.25) is 5.02 Å². The highest BCUT2D eigenvalue weighted by atomic mass is 35.5. The number of nitrogens with one attached hydrogen (secondary N) is 1. The minimum Gasteiger partial charge on any atom is -0.309 e. The Morgan fingerprint density at radius 1 is 1.30 bits per heavy atom. The van der Waals surface area contributed by atoms with Crippen molar-refractivity contribution in [3.8, 4) is 0 Å². The van der Waals surface area contributed by atoms with Crippen LogP contribution in [0.4, 0.5) is 4.39 Å². The molecule has 0 fully saturated rings. The Balaban J connectivity index is 2.27. The standard InChI is InChI=1S/C16H18ClFN2/c1-3-19-16(15-6-4-5-11(2)20-15)10-12-9-13(17)7-8-14(12)18/h4-9,16,19H,3,10H2,1-2H3. The number of halogens is 2. The monoisotopic (exact) mass is 292 g/mol. The summed E-state index contributed by atoms with van der Waals surface area (Å²) in [7, 11) is 0. The van der Waals surface area contributed by atoms with Crippen molar-refractivity contribution >= 4 is 11.6 Å². The van der Waals surface area contributed by atoms with Gasteiger partial charge in [0.2, 0.25) is 0 Å². The summed E-state index contributed by atoms with van der Waals surface area (Å²) in [5, 5.41) is 3.90. The lowest BCUT2D eigenvalue weighted by Crippen LogP contribution is -2.24. The first-order valence-corrected chi connectivity index (χ1v) is 7.09. The quantitative estimate of drug-likeness (QED) is 0.898. The molecule has 0 bridgehead atoms. The zero-order valence-electron chi connectivity index (χ0n) is 11.7. The molecular weight excluding hydrogens is 275 g/mol. The normalized spacial score (nSPS) is 12.4. The SMILES string of the molecule is CCNC(Cc1cc(Cl)ccc1F)c1cccc(C)n1.